The summed E-state index contributed by atoms with van der Waals surface area (Å²) in [5, 5.41) is 13.5. The van der Waals surface area contributed by atoms with Gasteiger partial charge >= 0.3 is 6.01 Å². The third-order valence-corrected chi connectivity index (χ3v) is 4.97. The van der Waals surface area contributed by atoms with Gasteiger partial charge in [-0.05, 0) is 49.5 Å². The molecule has 3 heterocycles. The van der Waals surface area contributed by atoms with Gasteiger partial charge in [0.2, 0.25) is 5.89 Å². The van der Waals surface area contributed by atoms with Crippen LogP contribution in [0.3, 0.4) is 0 Å². The van der Waals surface area contributed by atoms with E-state index in [1.54, 1.807) is 4.90 Å². The fourth-order valence-corrected chi connectivity index (χ4v) is 3.40. The van der Waals surface area contributed by atoms with Gasteiger partial charge in [-0.15, -0.1) is 5.10 Å². The number of anilines is 1. The zero-order valence-corrected chi connectivity index (χ0v) is 15.6. The average Bonchev–Trinajstić information content (AvgIpc) is 3.19. The van der Waals surface area contributed by atoms with Crippen molar-refractivity contribution in [3.05, 3.63) is 36.2 Å². The summed E-state index contributed by atoms with van der Waals surface area (Å²) in [4.78, 5) is 18.8. The Labute approximate surface area is 157 Å². The maximum Gasteiger partial charge on any atom is 0.317 e. The van der Waals surface area contributed by atoms with Crippen LogP contribution in [-0.4, -0.2) is 48.1 Å². The summed E-state index contributed by atoms with van der Waals surface area (Å²) in [6, 6.07) is 8.38. The zero-order chi connectivity index (χ0) is 18.8. The van der Waals surface area contributed by atoms with Gasteiger partial charge in [-0.25, -0.2) is 0 Å². The fraction of sp³-hybridized carbons (Fsp3) is 0.400. The molecule has 0 aliphatic carbocycles. The predicted octanol–water partition coefficient (Wildman–Crippen LogP) is 2.46. The van der Waals surface area contributed by atoms with E-state index < -0.39 is 0 Å². The Bertz CT molecular complexity index is 960. The molecule has 7 heteroatoms. The summed E-state index contributed by atoms with van der Waals surface area (Å²) < 4.78 is 5.68. The average molecular weight is 365 g/mol. The molecule has 0 spiro atoms. The number of carbonyl (C=O) groups is 1. The first-order valence-electron chi connectivity index (χ1n) is 9.23. The van der Waals surface area contributed by atoms with Crippen molar-refractivity contribution in [1.82, 2.24) is 20.5 Å². The topological polar surface area (TPSA) is 84.2 Å². The van der Waals surface area contributed by atoms with E-state index in [1.807, 2.05) is 44.6 Å². The second-order valence-electron chi connectivity index (χ2n) is 7.19. The van der Waals surface area contributed by atoms with Crippen LogP contribution in [0, 0.1) is 5.92 Å². The van der Waals surface area contributed by atoms with Crippen LogP contribution in [0.25, 0.3) is 22.2 Å². The molecule has 1 aliphatic rings. The molecule has 0 atom stereocenters. The van der Waals surface area contributed by atoms with E-state index in [2.05, 4.69) is 20.5 Å². The highest BCUT2D eigenvalue weighted by atomic mass is 16.4. The van der Waals surface area contributed by atoms with Crippen LogP contribution in [-0.2, 0) is 11.2 Å². The number of hydrogen-bond acceptors (Lipinski definition) is 7. The lowest BCUT2D eigenvalue weighted by molar-refractivity contribution is -0.123. The van der Waals surface area contributed by atoms with Gasteiger partial charge in [0, 0.05) is 49.3 Å². The summed E-state index contributed by atoms with van der Waals surface area (Å²) in [6.45, 7) is 1.84. The number of ketones is 1. The second-order valence-corrected chi connectivity index (χ2v) is 7.19. The van der Waals surface area contributed by atoms with Crippen molar-refractivity contribution in [2.75, 3.05) is 32.1 Å². The summed E-state index contributed by atoms with van der Waals surface area (Å²) in [7, 11) is 3.71. The summed E-state index contributed by atoms with van der Waals surface area (Å²) in [5.41, 5.74) is 1.66. The van der Waals surface area contributed by atoms with Crippen LogP contribution < -0.4 is 10.2 Å². The molecule has 1 fully saturated rings. The molecule has 0 unspecified atom stereocenters. The van der Waals surface area contributed by atoms with Crippen molar-refractivity contribution in [2.24, 2.45) is 5.92 Å². The van der Waals surface area contributed by atoms with Crippen molar-refractivity contribution in [3.8, 4) is 11.5 Å². The standard InChI is InChI=1S/C20H23N5O2/c1-25(2)20-24-23-19(27-20)14-3-4-15-12-22-17(10-16(15)9-14)11-18(26)13-5-7-21-8-6-13/h3-4,9-10,12-13,21H,5-8,11H2,1-2H3. The van der Waals surface area contributed by atoms with E-state index in [9.17, 15) is 4.79 Å². The van der Waals surface area contributed by atoms with Gasteiger partial charge in [0.15, 0.2) is 0 Å². The number of nitrogens with zero attached hydrogens (tertiary/aromatic N) is 4. The van der Waals surface area contributed by atoms with Gasteiger partial charge in [-0.2, -0.15) is 0 Å². The smallest absolute Gasteiger partial charge is 0.317 e. The van der Waals surface area contributed by atoms with Crippen LogP contribution in [0.1, 0.15) is 18.5 Å². The Hall–Kier alpha value is -2.80. The minimum absolute atomic E-state index is 0.151. The maximum absolute atomic E-state index is 12.6. The number of pyridine rings is 1. The van der Waals surface area contributed by atoms with Crippen molar-refractivity contribution < 1.29 is 9.21 Å². The Kier molecular flexibility index (Phi) is 4.85. The maximum atomic E-state index is 12.6. The highest BCUT2D eigenvalue weighted by Crippen LogP contribution is 2.26. The minimum Gasteiger partial charge on any atom is -0.403 e. The fourth-order valence-electron chi connectivity index (χ4n) is 3.40. The first-order valence-corrected chi connectivity index (χ1v) is 9.23. The van der Waals surface area contributed by atoms with Crippen LogP contribution in [0.5, 0.6) is 0 Å². The normalized spacial score (nSPS) is 15.2. The largest absolute Gasteiger partial charge is 0.403 e. The molecule has 7 nitrogen and oxygen atoms in total. The lowest BCUT2D eigenvalue weighted by Gasteiger charge is -2.21. The number of benzene rings is 1. The van der Waals surface area contributed by atoms with E-state index in [4.69, 9.17) is 4.42 Å². The third-order valence-electron chi connectivity index (χ3n) is 4.97. The molecule has 27 heavy (non-hydrogen) atoms. The zero-order valence-electron chi connectivity index (χ0n) is 15.6. The lowest BCUT2D eigenvalue weighted by atomic mass is 9.91. The van der Waals surface area contributed by atoms with Crippen molar-refractivity contribution in [2.45, 2.75) is 19.3 Å². The van der Waals surface area contributed by atoms with Crippen molar-refractivity contribution >= 4 is 22.6 Å². The quantitative estimate of drug-likeness (QED) is 0.743. The Morgan fingerprint density at radius 2 is 2.00 bits per heavy atom. The molecule has 1 aromatic carbocycles. The molecule has 0 radical (unpaired) electrons. The van der Waals surface area contributed by atoms with Gasteiger partial charge in [0.05, 0.1) is 0 Å². The monoisotopic (exact) mass is 365 g/mol. The van der Waals surface area contributed by atoms with Gasteiger partial charge in [0.1, 0.15) is 5.78 Å². The van der Waals surface area contributed by atoms with Gasteiger partial charge in [0.25, 0.3) is 0 Å². The third kappa shape index (κ3) is 3.83. The Balaban J connectivity index is 1.57. The molecule has 0 amide bonds. The van der Waals surface area contributed by atoms with E-state index in [0.29, 0.717) is 18.3 Å². The number of fused-ring (bicyclic) bond motifs is 1. The lowest BCUT2D eigenvalue weighted by Crippen LogP contribution is -2.32. The highest BCUT2D eigenvalue weighted by Gasteiger charge is 2.21. The molecular weight excluding hydrogens is 342 g/mol. The first kappa shape index (κ1) is 17.6. The molecule has 0 saturated carbocycles. The van der Waals surface area contributed by atoms with E-state index in [0.717, 1.165) is 48.0 Å². The summed E-state index contributed by atoms with van der Waals surface area (Å²) >= 11 is 0. The molecule has 140 valence electrons. The molecule has 2 aromatic heterocycles. The first-order chi connectivity index (χ1) is 13.1. The van der Waals surface area contributed by atoms with Crippen molar-refractivity contribution in [3.63, 3.8) is 0 Å². The van der Waals surface area contributed by atoms with Crippen LogP contribution in [0.2, 0.25) is 0 Å². The highest BCUT2D eigenvalue weighted by molar-refractivity contribution is 5.88. The van der Waals surface area contributed by atoms with Gasteiger partial charge < -0.3 is 14.6 Å². The SMILES string of the molecule is CN(C)c1nnc(-c2ccc3cnc(CC(=O)C4CCNCC4)cc3c2)o1. The van der Waals surface area contributed by atoms with Gasteiger partial charge in [-0.1, -0.05) is 11.2 Å². The number of aromatic nitrogens is 3. The van der Waals surface area contributed by atoms with Crippen molar-refractivity contribution in [1.29, 1.82) is 0 Å². The minimum atomic E-state index is 0.151. The molecule has 1 aliphatic heterocycles. The number of carbonyl (C=O) groups excluding carboxylic acids is 1. The molecule has 0 bridgehead atoms. The Morgan fingerprint density at radius 1 is 1.19 bits per heavy atom. The van der Waals surface area contributed by atoms with E-state index >= 15 is 0 Å². The molecule has 3 aromatic rings. The molecule has 4 rings (SSSR count). The number of nitrogens with one attached hydrogen (secondary N) is 1. The van der Waals surface area contributed by atoms with Crippen LogP contribution in [0.4, 0.5) is 6.01 Å². The molecule has 1 saturated heterocycles. The van der Waals surface area contributed by atoms with Crippen LogP contribution >= 0.6 is 0 Å². The van der Waals surface area contributed by atoms with Crippen LogP contribution in [0.15, 0.2) is 34.9 Å². The molecular formula is C20H23N5O2. The molecule has 1 N–H and O–H groups in total. The number of hydrogen-bond donors (Lipinski definition) is 1. The summed E-state index contributed by atoms with van der Waals surface area (Å²) in [6.07, 6.45) is 4.04. The predicted molar refractivity (Wildman–Crippen MR) is 104 cm³/mol. The Morgan fingerprint density at radius 3 is 2.74 bits per heavy atom. The number of Topliss-reactive ketones (excluding diaryl/α,β-unsaturated/α-hetero) is 1. The van der Waals surface area contributed by atoms with E-state index in [1.165, 1.54) is 0 Å². The summed E-state index contributed by atoms with van der Waals surface area (Å²) in [5.74, 6) is 0.912. The number of piperidine rings is 1. The number of rotatable bonds is 5. The van der Waals surface area contributed by atoms with E-state index in [-0.39, 0.29) is 11.7 Å². The second kappa shape index (κ2) is 7.44. The van der Waals surface area contributed by atoms with Gasteiger partial charge in [-0.3, -0.25) is 9.78 Å².